The van der Waals surface area contributed by atoms with Crippen molar-refractivity contribution < 1.29 is 28.8 Å². The maximum absolute atomic E-state index is 12.7. The van der Waals surface area contributed by atoms with Gasteiger partial charge in [0.1, 0.15) is 35.4 Å². The molecule has 3 aromatic carbocycles. The van der Waals surface area contributed by atoms with E-state index in [1.165, 1.54) is 17.9 Å². The minimum absolute atomic E-state index is 0.0679. The lowest BCUT2D eigenvalue weighted by Gasteiger charge is -2.37. The van der Waals surface area contributed by atoms with Gasteiger partial charge in [-0.25, -0.2) is 4.79 Å². The van der Waals surface area contributed by atoms with Crippen LogP contribution in [0.3, 0.4) is 0 Å². The number of H-pyrrole nitrogens is 1. The Morgan fingerprint density at radius 2 is 1.40 bits per heavy atom. The first-order valence-corrected chi connectivity index (χ1v) is 13.5. The Morgan fingerprint density at radius 1 is 0.857 bits per heavy atom. The molecule has 0 spiro atoms. The number of nitrogens with zero attached hydrogens (tertiary/aromatic N) is 1. The fourth-order valence-corrected chi connectivity index (χ4v) is 5.39. The van der Waals surface area contributed by atoms with E-state index in [4.69, 9.17) is 23.7 Å². The molecule has 1 aliphatic heterocycles. The molecule has 0 unspecified atom stereocenters. The smallest absolute Gasteiger partial charge is 0.330 e. The van der Waals surface area contributed by atoms with Gasteiger partial charge in [-0.2, -0.15) is 0 Å². The summed E-state index contributed by atoms with van der Waals surface area (Å²) in [6.07, 6.45) is -2.50. The van der Waals surface area contributed by atoms with Gasteiger partial charge in [-0.3, -0.25) is 14.3 Å². The quantitative estimate of drug-likeness (QED) is 0.277. The van der Waals surface area contributed by atoms with Crippen molar-refractivity contribution in [1.29, 1.82) is 0 Å². The number of nitrogens with one attached hydrogen (secondary N) is 1. The lowest BCUT2D eigenvalue weighted by Crippen LogP contribution is -2.40. The van der Waals surface area contributed by atoms with Crippen LogP contribution in [-0.2, 0) is 19.8 Å². The predicted molar refractivity (Wildman–Crippen MR) is 155 cm³/mol. The predicted octanol–water partition coefficient (Wildman–Crippen LogP) is 3.14. The average Bonchev–Trinajstić information content (AvgIpc) is 3.34. The zero-order valence-electron chi connectivity index (χ0n) is 23.9. The van der Waals surface area contributed by atoms with Gasteiger partial charge in [0, 0.05) is 18.9 Å². The summed E-state index contributed by atoms with van der Waals surface area (Å²) in [7, 11) is 4.65. The van der Waals surface area contributed by atoms with Crippen LogP contribution in [0.25, 0.3) is 0 Å². The summed E-state index contributed by atoms with van der Waals surface area (Å²) in [5.41, 5.74) is 0.523. The molecular formula is C32H34N2O8. The molecule has 10 nitrogen and oxygen atoms in total. The first kappa shape index (κ1) is 29.3. The second-order valence-corrected chi connectivity index (χ2v) is 10.0. The van der Waals surface area contributed by atoms with Gasteiger partial charge in [-0.05, 0) is 47.9 Å². The highest BCUT2D eigenvalue weighted by atomic mass is 16.6. The number of hydrogen-bond acceptors (Lipinski definition) is 8. The first-order chi connectivity index (χ1) is 20.3. The largest absolute Gasteiger partial charge is 0.497 e. The number of aromatic nitrogens is 2. The van der Waals surface area contributed by atoms with E-state index >= 15 is 0 Å². The van der Waals surface area contributed by atoms with Crippen molar-refractivity contribution in [3.63, 3.8) is 0 Å². The monoisotopic (exact) mass is 574 g/mol. The van der Waals surface area contributed by atoms with Gasteiger partial charge in [-0.1, -0.05) is 54.6 Å². The van der Waals surface area contributed by atoms with Crippen LogP contribution in [0.4, 0.5) is 0 Å². The second-order valence-electron chi connectivity index (χ2n) is 10.0. The number of aliphatic hydroxyl groups is 1. The fraction of sp³-hybridized carbons (Fsp3) is 0.312. The number of aryl methyl sites for hydroxylation is 1. The molecule has 10 heteroatoms. The van der Waals surface area contributed by atoms with E-state index in [9.17, 15) is 14.7 Å². The average molecular weight is 575 g/mol. The van der Waals surface area contributed by atoms with Crippen LogP contribution in [0, 0.1) is 6.92 Å². The van der Waals surface area contributed by atoms with E-state index in [-0.39, 0.29) is 6.61 Å². The van der Waals surface area contributed by atoms with Gasteiger partial charge < -0.3 is 28.8 Å². The Balaban J connectivity index is 1.57. The summed E-state index contributed by atoms with van der Waals surface area (Å²) in [5, 5.41) is 11.3. The molecule has 1 fully saturated rings. The van der Waals surface area contributed by atoms with Gasteiger partial charge in [0.05, 0.1) is 20.8 Å². The van der Waals surface area contributed by atoms with Crippen molar-refractivity contribution in [3.8, 4) is 11.5 Å². The summed E-state index contributed by atoms with van der Waals surface area (Å²) in [5.74, 6) is 1.38. The SMILES string of the molecule is COc1ccc(C(OC[C@H]2O[C@@H](n3cc(C)c(=O)[nH]c3=O)[C@H](OC)[C@H]2O)(c2ccccc2)c2ccc(OC)cc2)cc1. The zero-order chi connectivity index (χ0) is 29.9. The molecule has 2 heterocycles. The third-order valence-electron chi connectivity index (χ3n) is 7.64. The number of aromatic amines is 1. The van der Waals surface area contributed by atoms with Crippen LogP contribution in [0.2, 0.25) is 0 Å². The number of methoxy groups -OCH3 is 3. The van der Waals surface area contributed by atoms with E-state index in [0.717, 1.165) is 16.7 Å². The third kappa shape index (κ3) is 5.37. The molecule has 4 atom stereocenters. The van der Waals surface area contributed by atoms with Gasteiger partial charge >= 0.3 is 5.69 Å². The van der Waals surface area contributed by atoms with E-state index in [0.29, 0.717) is 17.1 Å². The molecule has 0 radical (unpaired) electrons. The molecule has 1 aromatic heterocycles. The summed E-state index contributed by atoms with van der Waals surface area (Å²) >= 11 is 0. The zero-order valence-corrected chi connectivity index (χ0v) is 23.9. The van der Waals surface area contributed by atoms with Crippen molar-refractivity contribution in [2.24, 2.45) is 0 Å². The third-order valence-corrected chi connectivity index (χ3v) is 7.64. The number of hydrogen-bond donors (Lipinski definition) is 2. The molecule has 0 bridgehead atoms. The molecule has 0 saturated carbocycles. The van der Waals surface area contributed by atoms with Gasteiger partial charge in [0.25, 0.3) is 5.56 Å². The minimum atomic E-state index is -1.14. The second kappa shape index (κ2) is 12.3. The van der Waals surface area contributed by atoms with Crippen molar-refractivity contribution in [2.75, 3.05) is 27.9 Å². The topological polar surface area (TPSA) is 121 Å². The molecule has 220 valence electrons. The van der Waals surface area contributed by atoms with Crippen molar-refractivity contribution in [1.82, 2.24) is 9.55 Å². The normalized spacial score (nSPS) is 20.4. The summed E-state index contributed by atoms with van der Waals surface area (Å²) in [6.45, 7) is 1.52. The molecule has 1 aliphatic rings. The maximum atomic E-state index is 12.7. The van der Waals surface area contributed by atoms with Crippen LogP contribution >= 0.6 is 0 Å². The minimum Gasteiger partial charge on any atom is -0.497 e. The molecular weight excluding hydrogens is 540 g/mol. The highest BCUT2D eigenvalue weighted by Gasteiger charge is 2.47. The lowest BCUT2D eigenvalue weighted by atomic mass is 9.80. The summed E-state index contributed by atoms with van der Waals surface area (Å²) in [6, 6.07) is 24.9. The van der Waals surface area contributed by atoms with Crippen LogP contribution in [0.1, 0.15) is 28.5 Å². The van der Waals surface area contributed by atoms with Crippen molar-refractivity contribution in [2.45, 2.75) is 37.1 Å². The molecule has 2 N–H and O–H groups in total. The Kier molecular flexibility index (Phi) is 8.60. The van der Waals surface area contributed by atoms with Crippen molar-refractivity contribution >= 4 is 0 Å². The summed E-state index contributed by atoms with van der Waals surface area (Å²) in [4.78, 5) is 26.9. The highest BCUT2D eigenvalue weighted by Crippen LogP contribution is 2.43. The van der Waals surface area contributed by atoms with Crippen LogP contribution in [0.15, 0.2) is 94.6 Å². The van der Waals surface area contributed by atoms with E-state index in [2.05, 4.69) is 4.98 Å². The molecule has 4 aromatic rings. The Bertz CT molecular complexity index is 1550. The fourth-order valence-electron chi connectivity index (χ4n) is 5.39. The number of benzene rings is 3. The van der Waals surface area contributed by atoms with Crippen molar-refractivity contribution in [3.05, 3.63) is 128 Å². The maximum Gasteiger partial charge on any atom is 0.330 e. The Hall–Kier alpha value is -4.22. The lowest BCUT2D eigenvalue weighted by molar-refractivity contribution is -0.0967. The van der Waals surface area contributed by atoms with Gasteiger partial charge in [0.15, 0.2) is 6.23 Å². The molecule has 0 amide bonds. The first-order valence-electron chi connectivity index (χ1n) is 13.5. The Morgan fingerprint density at radius 3 is 1.93 bits per heavy atom. The van der Waals surface area contributed by atoms with Gasteiger partial charge in [-0.15, -0.1) is 0 Å². The van der Waals surface area contributed by atoms with E-state index < -0.39 is 41.4 Å². The standard InChI is InChI=1S/C32H34N2O8/c1-20-18-34(31(37)33-29(20)36)30-28(40-4)27(35)26(42-30)19-41-32(21-8-6-5-7-9-21,22-10-14-24(38-2)15-11-22)23-12-16-25(39-3)17-13-23/h5-18,26-28,30,35H,19H2,1-4H3,(H,33,36,37)/t26-,27+,28-,30-/m1/s1. The van der Waals surface area contributed by atoms with Crippen LogP contribution in [0.5, 0.6) is 11.5 Å². The molecule has 1 saturated heterocycles. The van der Waals surface area contributed by atoms with Gasteiger partial charge in [0.2, 0.25) is 0 Å². The van der Waals surface area contributed by atoms with Crippen LogP contribution in [-0.4, -0.2) is 60.9 Å². The van der Waals surface area contributed by atoms with E-state index in [1.54, 1.807) is 21.1 Å². The molecule has 0 aliphatic carbocycles. The number of aliphatic hydroxyl groups excluding tert-OH is 1. The molecule has 5 rings (SSSR count). The number of rotatable bonds is 10. The Labute approximate surface area is 243 Å². The highest BCUT2D eigenvalue weighted by molar-refractivity contribution is 5.49. The van der Waals surface area contributed by atoms with E-state index in [1.807, 2.05) is 78.9 Å². The number of ether oxygens (including phenoxy) is 5. The van der Waals surface area contributed by atoms with Crippen LogP contribution < -0.4 is 20.7 Å². The molecule has 42 heavy (non-hydrogen) atoms. The summed E-state index contributed by atoms with van der Waals surface area (Å²) < 4.78 is 30.7.